The molecule has 0 atom stereocenters. The summed E-state index contributed by atoms with van der Waals surface area (Å²) in [4.78, 5) is 15.2. The Kier molecular flexibility index (Phi) is 5.28. The molecule has 0 aliphatic carbocycles. The highest BCUT2D eigenvalue weighted by atomic mass is 35.5. The van der Waals surface area contributed by atoms with Gasteiger partial charge in [0.2, 0.25) is 10.0 Å². The molecule has 0 bridgehead atoms. The van der Waals surface area contributed by atoms with Gasteiger partial charge in [-0.15, -0.1) is 0 Å². The van der Waals surface area contributed by atoms with Crippen LogP contribution in [0.5, 0.6) is 0 Å². The lowest BCUT2D eigenvalue weighted by molar-refractivity contribution is 0.383. The fourth-order valence-corrected chi connectivity index (χ4v) is 5.32. The van der Waals surface area contributed by atoms with Crippen LogP contribution in [0.15, 0.2) is 47.9 Å². The molecule has 1 aromatic carbocycles. The van der Waals surface area contributed by atoms with Gasteiger partial charge < -0.3 is 4.90 Å². The molecule has 3 heterocycles. The van der Waals surface area contributed by atoms with Gasteiger partial charge in [0.15, 0.2) is 0 Å². The summed E-state index contributed by atoms with van der Waals surface area (Å²) in [5, 5.41) is 0.413. The molecule has 29 heavy (non-hydrogen) atoms. The van der Waals surface area contributed by atoms with Crippen molar-refractivity contribution in [3.63, 3.8) is 0 Å². The maximum absolute atomic E-state index is 13.1. The monoisotopic (exact) mass is 432 g/mol. The van der Waals surface area contributed by atoms with E-state index in [-0.39, 0.29) is 4.90 Å². The Morgan fingerprint density at radius 2 is 1.69 bits per heavy atom. The van der Waals surface area contributed by atoms with Crippen LogP contribution in [0.2, 0.25) is 5.02 Å². The summed E-state index contributed by atoms with van der Waals surface area (Å²) in [5.74, 6) is 2.33. The van der Waals surface area contributed by atoms with Crippen LogP contribution in [0.25, 0.3) is 5.82 Å². The van der Waals surface area contributed by atoms with E-state index in [2.05, 4.69) is 19.9 Å². The highest BCUT2D eigenvalue weighted by molar-refractivity contribution is 7.89. The zero-order valence-electron chi connectivity index (χ0n) is 16.2. The van der Waals surface area contributed by atoms with Crippen molar-refractivity contribution < 1.29 is 8.42 Å². The van der Waals surface area contributed by atoms with Gasteiger partial charge in [-0.2, -0.15) is 4.31 Å². The van der Waals surface area contributed by atoms with E-state index in [0.717, 1.165) is 17.5 Å². The summed E-state index contributed by atoms with van der Waals surface area (Å²) < 4.78 is 29.5. The van der Waals surface area contributed by atoms with Crippen molar-refractivity contribution in [3.05, 3.63) is 59.4 Å². The first kappa shape index (κ1) is 19.8. The number of halogens is 1. The number of aryl methyl sites for hydroxylation is 2. The van der Waals surface area contributed by atoms with E-state index in [4.69, 9.17) is 11.6 Å². The Morgan fingerprint density at radius 3 is 2.38 bits per heavy atom. The lowest BCUT2D eigenvalue weighted by Crippen LogP contribution is -2.49. The number of sulfonamides is 1. The van der Waals surface area contributed by atoms with E-state index in [9.17, 15) is 8.42 Å². The Balaban J connectivity index is 1.51. The molecule has 0 saturated carbocycles. The highest BCUT2D eigenvalue weighted by Gasteiger charge is 2.30. The number of imidazole rings is 1. The van der Waals surface area contributed by atoms with Gasteiger partial charge in [0.1, 0.15) is 23.8 Å². The van der Waals surface area contributed by atoms with Gasteiger partial charge in [-0.1, -0.05) is 17.7 Å². The molecule has 0 N–H and O–H groups in total. The Labute approximate surface area is 174 Å². The Morgan fingerprint density at radius 1 is 0.966 bits per heavy atom. The summed E-state index contributed by atoms with van der Waals surface area (Å²) in [7, 11) is -3.59. The molecule has 0 radical (unpaired) electrons. The lowest BCUT2D eigenvalue weighted by Gasteiger charge is -2.35. The fourth-order valence-electron chi connectivity index (χ4n) is 3.41. The minimum atomic E-state index is -3.59. The predicted octanol–water partition coefficient (Wildman–Crippen LogP) is 2.44. The van der Waals surface area contributed by atoms with Crippen LogP contribution in [-0.4, -0.2) is 58.4 Å². The van der Waals surface area contributed by atoms with Crippen LogP contribution in [0.1, 0.15) is 11.4 Å². The predicted molar refractivity (Wildman–Crippen MR) is 111 cm³/mol. The third-order valence-electron chi connectivity index (χ3n) is 5.04. The molecular weight excluding hydrogens is 412 g/mol. The van der Waals surface area contributed by atoms with Crippen LogP contribution in [0, 0.1) is 13.8 Å². The number of hydrogen-bond donors (Lipinski definition) is 0. The molecule has 0 amide bonds. The SMILES string of the molecule is Cc1ccc(Cl)cc1S(=O)(=O)N1CCN(c2cc(-n3ccnc3C)ncn2)CC1. The van der Waals surface area contributed by atoms with Gasteiger partial charge in [0.25, 0.3) is 0 Å². The summed E-state index contributed by atoms with van der Waals surface area (Å²) >= 11 is 6.02. The molecule has 1 fully saturated rings. The molecule has 0 unspecified atom stereocenters. The molecule has 1 aliphatic heterocycles. The molecule has 8 nitrogen and oxygen atoms in total. The average molecular weight is 433 g/mol. The van der Waals surface area contributed by atoms with Crippen LogP contribution in [0.4, 0.5) is 5.82 Å². The van der Waals surface area contributed by atoms with E-state index in [1.165, 1.54) is 16.7 Å². The smallest absolute Gasteiger partial charge is 0.243 e. The Bertz CT molecular complexity index is 1140. The summed E-state index contributed by atoms with van der Waals surface area (Å²) in [6, 6.07) is 6.83. The third-order valence-corrected chi connectivity index (χ3v) is 7.32. The second kappa shape index (κ2) is 7.74. The molecular formula is C19H21ClN6O2S. The van der Waals surface area contributed by atoms with E-state index in [1.807, 2.05) is 23.8 Å². The van der Waals surface area contributed by atoms with Crippen LogP contribution in [-0.2, 0) is 10.0 Å². The topological polar surface area (TPSA) is 84.2 Å². The second-order valence-electron chi connectivity index (χ2n) is 6.88. The number of nitrogens with zero attached hydrogens (tertiary/aromatic N) is 6. The molecule has 10 heteroatoms. The fraction of sp³-hybridized carbons (Fsp3) is 0.316. The van der Waals surface area contributed by atoms with Gasteiger partial charge in [-0.05, 0) is 31.5 Å². The summed E-state index contributed by atoms with van der Waals surface area (Å²) in [6.45, 7) is 5.51. The molecule has 152 valence electrons. The highest BCUT2D eigenvalue weighted by Crippen LogP contribution is 2.25. The van der Waals surface area contributed by atoms with Crippen molar-refractivity contribution in [1.82, 2.24) is 23.8 Å². The van der Waals surface area contributed by atoms with Gasteiger partial charge in [0.05, 0.1) is 4.90 Å². The number of hydrogen-bond acceptors (Lipinski definition) is 6. The summed E-state index contributed by atoms with van der Waals surface area (Å²) in [5.41, 5.74) is 0.688. The standard InChI is InChI=1S/C19H21ClN6O2S/c1-14-3-4-16(20)11-17(14)29(27,28)25-9-7-24(8-10-25)18-12-19(23-13-22-18)26-6-5-21-15(26)2/h3-6,11-13H,7-10H2,1-2H3. The maximum Gasteiger partial charge on any atom is 0.243 e. The largest absolute Gasteiger partial charge is 0.354 e. The first-order valence-electron chi connectivity index (χ1n) is 9.20. The molecule has 3 aromatic rings. The number of rotatable bonds is 4. The minimum absolute atomic E-state index is 0.262. The van der Waals surface area contributed by atoms with Gasteiger partial charge in [0, 0.05) is 49.7 Å². The van der Waals surface area contributed by atoms with Gasteiger partial charge in [-0.25, -0.2) is 23.4 Å². The van der Waals surface area contributed by atoms with E-state index < -0.39 is 10.0 Å². The van der Waals surface area contributed by atoms with Crippen molar-refractivity contribution in [2.24, 2.45) is 0 Å². The minimum Gasteiger partial charge on any atom is -0.354 e. The quantitative estimate of drug-likeness (QED) is 0.629. The van der Waals surface area contributed by atoms with Crippen molar-refractivity contribution >= 4 is 27.4 Å². The molecule has 0 spiro atoms. The normalized spacial score (nSPS) is 15.6. The van der Waals surface area contributed by atoms with Crippen LogP contribution >= 0.6 is 11.6 Å². The second-order valence-corrected chi connectivity index (χ2v) is 9.22. The first-order chi connectivity index (χ1) is 13.9. The number of piperazine rings is 1. The molecule has 1 aliphatic rings. The molecule has 1 saturated heterocycles. The van der Waals surface area contributed by atoms with E-state index in [0.29, 0.717) is 36.8 Å². The molecule has 2 aromatic heterocycles. The number of anilines is 1. The van der Waals surface area contributed by atoms with E-state index in [1.54, 1.807) is 25.3 Å². The maximum atomic E-state index is 13.1. The number of aromatic nitrogens is 4. The van der Waals surface area contributed by atoms with Crippen molar-refractivity contribution in [1.29, 1.82) is 0 Å². The Hall–Kier alpha value is -2.49. The first-order valence-corrected chi connectivity index (χ1v) is 11.0. The van der Waals surface area contributed by atoms with Crippen molar-refractivity contribution in [2.45, 2.75) is 18.7 Å². The third kappa shape index (κ3) is 3.85. The van der Waals surface area contributed by atoms with Gasteiger partial charge in [-0.3, -0.25) is 4.57 Å². The van der Waals surface area contributed by atoms with Crippen molar-refractivity contribution in [2.75, 3.05) is 31.1 Å². The average Bonchev–Trinajstić information content (AvgIpc) is 3.16. The lowest BCUT2D eigenvalue weighted by atomic mass is 10.2. The van der Waals surface area contributed by atoms with E-state index >= 15 is 0 Å². The summed E-state index contributed by atoms with van der Waals surface area (Å²) in [6.07, 6.45) is 5.08. The number of benzene rings is 1. The zero-order valence-corrected chi connectivity index (χ0v) is 17.7. The molecule has 4 rings (SSSR count). The van der Waals surface area contributed by atoms with Crippen molar-refractivity contribution in [3.8, 4) is 5.82 Å². The van der Waals surface area contributed by atoms with Crippen LogP contribution in [0.3, 0.4) is 0 Å². The zero-order chi connectivity index (χ0) is 20.6. The van der Waals surface area contributed by atoms with Crippen LogP contribution < -0.4 is 4.90 Å². The van der Waals surface area contributed by atoms with Gasteiger partial charge >= 0.3 is 0 Å².